The van der Waals surface area contributed by atoms with E-state index in [9.17, 15) is 9.59 Å². The highest BCUT2D eigenvalue weighted by Gasteiger charge is 2.23. The van der Waals surface area contributed by atoms with E-state index in [1.165, 1.54) is 30.5 Å². The third kappa shape index (κ3) is 5.25. The molecule has 0 saturated carbocycles. The first kappa shape index (κ1) is 23.7. The van der Waals surface area contributed by atoms with Crippen LogP contribution in [0, 0.1) is 0 Å². The number of furan rings is 1. The Morgan fingerprint density at radius 2 is 2.00 bits per heavy atom. The number of carbonyl (C=O) groups excluding carboxylic acids is 1. The molecule has 0 saturated heterocycles. The number of aromatic nitrogens is 2. The molecule has 0 unspecified atom stereocenters. The molecule has 0 radical (unpaired) electrons. The molecule has 0 fully saturated rings. The standard InChI is InChI=1S/C22H27N3O6S/c1-5-19(20(26)23-8-10-28-2)32-22-24-16-12-18(30-4)17(29-3)11-15(16)21(27)25(22)13-14-7-6-9-31-14/h6-7,9,11-12,19H,5,8,10,13H2,1-4H3,(H,23,26)/t19-/m1/s1. The van der Waals surface area contributed by atoms with Crippen LogP contribution >= 0.6 is 11.8 Å². The molecule has 9 nitrogen and oxygen atoms in total. The van der Waals surface area contributed by atoms with Gasteiger partial charge in [-0.15, -0.1) is 0 Å². The van der Waals surface area contributed by atoms with E-state index in [1.54, 1.807) is 37.6 Å². The number of amides is 1. The summed E-state index contributed by atoms with van der Waals surface area (Å²) in [5.74, 6) is 1.37. The monoisotopic (exact) mass is 461 g/mol. The first-order valence-corrected chi connectivity index (χ1v) is 11.0. The van der Waals surface area contributed by atoms with Crippen LogP contribution < -0.4 is 20.3 Å². The van der Waals surface area contributed by atoms with E-state index in [0.29, 0.717) is 52.9 Å². The predicted octanol–water partition coefficient (Wildman–Crippen LogP) is 2.69. The second kappa shape index (κ2) is 11.1. The second-order valence-electron chi connectivity index (χ2n) is 6.89. The first-order chi connectivity index (χ1) is 15.5. The average molecular weight is 462 g/mol. The minimum atomic E-state index is -0.431. The molecule has 0 aliphatic carbocycles. The molecule has 0 bridgehead atoms. The topological polar surface area (TPSA) is 105 Å². The van der Waals surface area contributed by atoms with Gasteiger partial charge in [-0.05, 0) is 24.6 Å². The largest absolute Gasteiger partial charge is 0.493 e. The molecule has 3 rings (SSSR count). The smallest absolute Gasteiger partial charge is 0.262 e. The lowest BCUT2D eigenvalue weighted by Gasteiger charge is -2.18. The summed E-state index contributed by atoms with van der Waals surface area (Å²) in [6.45, 7) is 2.93. The normalized spacial score (nSPS) is 12.0. The summed E-state index contributed by atoms with van der Waals surface area (Å²) in [4.78, 5) is 30.8. The highest BCUT2D eigenvalue weighted by Crippen LogP contribution is 2.32. The van der Waals surface area contributed by atoms with Gasteiger partial charge in [0.15, 0.2) is 16.7 Å². The molecular formula is C22H27N3O6S. The van der Waals surface area contributed by atoms with Crippen molar-refractivity contribution in [3.05, 3.63) is 46.6 Å². The molecule has 1 amide bonds. The fourth-order valence-electron chi connectivity index (χ4n) is 3.16. The van der Waals surface area contributed by atoms with E-state index in [4.69, 9.17) is 23.6 Å². The van der Waals surface area contributed by atoms with Crippen molar-refractivity contribution in [1.82, 2.24) is 14.9 Å². The highest BCUT2D eigenvalue weighted by atomic mass is 32.2. The Kier molecular flexibility index (Phi) is 8.18. The first-order valence-electron chi connectivity index (χ1n) is 10.1. The minimum Gasteiger partial charge on any atom is -0.493 e. The number of ether oxygens (including phenoxy) is 3. The van der Waals surface area contributed by atoms with E-state index in [2.05, 4.69) is 5.32 Å². The van der Waals surface area contributed by atoms with Crippen molar-refractivity contribution in [2.24, 2.45) is 0 Å². The maximum atomic E-state index is 13.4. The Balaban J connectivity index is 2.07. The summed E-state index contributed by atoms with van der Waals surface area (Å²) in [5, 5.41) is 3.22. The number of rotatable bonds is 11. The lowest BCUT2D eigenvalue weighted by atomic mass is 10.2. The zero-order valence-corrected chi connectivity index (χ0v) is 19.4. The molecule has 2 aromatic heterocycles. The van der Waals surface area contributed by atoms with Crippen molar-refractivity contribution in [3.8, 4) is 11.5 Å². The quantitative estimate of drug-likeness (QED) is 0.264. The summed E-state index contributed by atoms with van der Waals surface area (Å²) in [7, 11) is 4.61. The Hall–Kier alpha value is -2.98. The zero-order chi connectivity index (χ0) is 23.1. The van der Waals surface area contributed by atoms with Gasteiger partial charge in [0.1, 0.15) is 5.76 Å². The number of nitrogens with zero attached hydrogens (tertiary/aromatic N) is 2. The van der Waals surface area contributed by atoms with Crippen molar-refractivity contribution in [2.45, 2.75) is 30.3 Å². The minimum absolute atomic E-state index is 0.138. The lowest BCUT2D eigenvalue weighted by molar-refractivity contribution is -0.120. The average Bonchev–Trinajstić information content (AvgIpc) is 3.32. The van der Waals surface area contributed by atoms with Crippen molar-refractivity contribution in [3.63, 3.8) is 0 Å². The van der Waals surface area contributed by atoms with Crippen LogP contribution in [0.4, 0.5) is 0 Å². The van der Waals surface area contributed by atoms with Gasteiger partial charge >= 0.3 is 0 Å². The Labute approximate surface area is 190 Å². The number of fused-ring (bicyclic) bond motifs is 1. The maximum Gasteiger partial charge on any atom is 0.262 e. The third-order valence-corrected chi connectivity index (χ3v) is 6.19. The highest BCUT2D eigenvalue weighted by molar-refractivity contribution is 8.00. The van der Waals surface area contributed by atoms with E-state index in [1.807, 2.05) is 6.92 Å². The fraction of sp³-hybridized carbons (Fsp3) is 0.409. The Morgan fingerprint density at radius 1 is 1.25 bits per heavy atom. The molecule has 3 aromatic rings. The summed E-state index contributed by atoms with van der Waals surface area (Å²) < 4.78 is 22.7. The van der Waals surface area contributed by atoms with Crippen LogP contribution in [0.5, 0.6) is 11.5 Å². The van der Waals surface area contributed by atoms with Gasteiger partial charge in [-0.2, -0.15) is 0 Å². The number of methoxy groups -OCH3 is 3. The SMILES string of the molecule is CC[C@@H](Sc1nc2cc(OC)c(OC)cc2c(=O)n1Cc1ccco1)C(=O)NCCOC. The fourth-order valence-corrected chi connectivity index (χ4v) is 4.19. The number of nitrogens with one attached hydrogen (secondary N) is 1. The van der Waals surface area contributed by atoms with Gasteiger partial charge in [0, 0.05) is 19.7 Å². The Bertz CT molecular complexity index is 1110. The predicted molar refractivity (Wildman–Crippen MR) is 122 cm³/mol. The van der Waals surface area contributed by atoms with E-state index >= 15 is 0 Å². The van der Waals surface area contributed by atoms with E-state index in [-0.39, 0.29) is 18.0 Å². The molecule has 32 heavy (non-hydrogen) atoms. The summed E-state index contributed by atoms with van der Waals surface area (Å²) >= 11 is 1.24. The number of carbonyl (C=O) groups is 1. The van der Waals surface area contributed by atoms with Gasteiger partial charge in [-0.1, -0.05) is 18.7 Å². The molecule has 2 heterocycles. The van der Waals surface area contributed by atoms with Crippen LogP contribution in [-0.2, 0) is 16.1 Å². The van der Waals surface area contributed by atoms with Crippen LogP contribution in [0.25, 0.3) is 10.9 Å². The van der Waals surface area contributed by atoms with Crippen molar-refractivity contribution in [1.29, 1.82) is 0 Å². The van der Waals surface area contributed by atoms with Crippen molar-refractivity contribution < 1.29 is 23.4 Å². The number of hydrogen-bond acceptors (Lipinski definition) is 8. The van der Waals surface area contributed by atoms with Crippen molar-refractivity contribution >= 4 is 28.6 Å². The molecule has 0 aliphatic heterocycles. The third-order valence-electron chi connectivity index (χ3n) is 4.83. The van der Waals surface area contributed by atoms with Crippen molar-refractivity contribution in [2.75, 3.05) is 34.5 Å². The molecule has 0 aliphatic rings. The lowest BCUT2D eigenvalue weighted by Crippen LogP contribution is -2.35. The summed E-state index contributed by atoms with van der Waals surface area (Å²) in [5.41, 5.74) is 0.199. The number of hydrogen-bond donors (Lipinski definition) is 1. The van der Waals surface area contributed by atoms with Gasteiger partial charge in [0.05, 0.1) is 49.8 Å². The van der Waals surface area contributed by atoms with Gasteiger partial charge in [0.25, 0.3) is 5.56 Å². The summed E-state index contributed by atoms with van der Waals surface area (Å²) in [6.07, 6.45) is 2.11. The molecule has 172 valence electrons. The van der Waals surface area contributed by atoms with Crippen LogP contribution in [-0.4, -0.2) is 55.2 Å². The van der Waals surface area contributed by atoms with Gasteiger partial charge < -0.3 is 23.9 Å². The van der Waals surface area contributed by atoms with Gasteiger partial charge in [0.2, 0.25) is 5.91 Å². The molecule has 1 aromatic carbocycles. The number of benzene rings is 1. The molecule has 0 spiro atoms. The molecule has 10 heteroatoms. The zero-order valence-electron chi connectivity index (χ0n) is 18.5. The van der Waals surface area contributed by atoms with E-state index in [0.717, 1.165) is 0 Å². The molecule has 1 atom stereocenters. The van der Waals surface area contributed by atoms with Crippen LogP contribution in [0.2, 0.25) is 0 Å². The summed E-state index contributed by atoms with van der Waals surface area (Å²) in [6, 6.07) is 6.82. The van der Waals surface area contributed by atoms with Gasteiger partial charge in [-0.3, -0.25) is 14.2 Å². The van der Waals surface area contributed by atoms with E-state index < -0.39 is 5.25 Å². The molecular weight excluding hydrogens is 434 g/mol. The Morgan fingerprint density at radius 3 is 2.62 bits per heavy atom. The van der Waals surface area contributed by atoms with Crippen LogP contribution in [0.3, 0.4) is 0 Å². The van der Waals surface area contributed by atoms with Crippen LogP contribution in [0.1, 0.15) is 19.1 Å². The van der Waals surface area contributed by atoms with Gasteiger partial charge in [-0.25, -0.2) is 4.98 Å². The second-order valence-corrected chi connectivity index (χ2v) is 8.06. The number of thioether (sulfide) groups is 1. The molecule has 1 N–H and O–H groups in total. The van der Waals surface area contributed by atoms with Crippen LogP contribution in [0.15, 0.2) is 44.9 Å². The maximum absolute atomic E-state index is 13.4.